The number of amides is 3. The minimum Gasteiger partial charge on any atom is -0.297 e. The van der Waals surface area contributed by atoms with Crippen molar-refractivity contribution in [2.24, 2.45) is 16.8 Å². The Morgan fingerprint density at radius 1 is 0.929 bits per heavy atom. The molecule has 2 unspecified atom stereocenters. The molecule has 1 saturated heterocycles. The Morgan fingerprint density at radius 3 is 2.32 bits per heavy atom. The molecule has 3 atom stereocenters. The third kappa shape index (κ3) is 2.27. The fraction of sp³-hybridized carbons (Fsp3) is 0.273. The van der Waals surface area contributed by atoms with Crippen molar-refractivity contribution in [2.75, 3.05) is 4.90 Å². The van der Waals surface area contributed by atoms with Gasteiger partial charge in [0.25, 0.3) is 5.91 Å². The largest absolute Gasteiger partial charge is 0.297 e. The van der Waals surface area contributed by atoms with Gasteiger partial charge in [-0.05, 0) is 30.5 Å². The highest BCUT2D eigenvalue weighted by Gasteiger charge is 2.66. The zero-order valence-corrected chi connectivity index (χ0v) is 15.2. The van der Waals surface area contributed by atoms with Gasteiger partial charge >= 0.3 is 0 Å². The highest BCUT2D eigenvalue weighted by Crippen LogP contribution is 2.51. The molecular weight excluding hydrogens is 354 g/mol. The molecule has 1 spiro atoms. The van der Waals surface area contributed by atoms with Crippen LogP contribution in [0, 0.1) is 11.8 Å². The maximum atomic E-state index is 13.3. The molecular formula is C22H19N3O3. The summed E-state index contributed by atoms with van der Waals surface area (Å²) in [4.78, 5) is 46.8. The summed E-state index contributed by atoms with van der Waals surface area (Å²) >= 11 is 0. The van der Waals surface area contributed by atoms with Gasteiger partial charge in [0.2, 0.25) is 11.8 Å². The lowest BCUT2D eigenvalue weighted by Gasteiger charge is -2.26. The first kappa shape index (κ1) is 16.9. The predicted octanol–water partition coefficient (Wildman–Crippen LogP) is 2.40. The van der Waals surface area contributed by atoms with E-state index >= 15 is 0 Å². The molecule has 2 aliphatic heterocycles. The zero-order chi connectivity index (χ0) is 19.3. The average Bonchev–Trinajstić information content (AvgIpc) is 3.34. The van der Waals surface area contributed by atoms with Gasteiger partial charge in [0.05, 0.1) is 30.4 Å². The molecule has 0 aromatic heterocycles. The van der Waals surface area contributed by atoms with Crippen LogP contribution in [-0.4, -0.2) is 34.5 Å². The second kappa shape index (κ2) is 6.12. The van der Waals surface area contributed by atoms with E-state index in [9.17, 15) is 14.4 Å². The summed E-state index contributed by atoms with van der Waals surface area (Å²) in [6.07, 6.45) is 2.48. The van der Waals surface area contributed by atoms with Crippen molar-refractivity contribution in [3.8, 4) is 0 Å². The third-order valence-electron chi connectivity index (χ3n) is 6.05. The van der Waals surface area contributed by atoms with Gasteiger partial charge in [-0.3, -0.25) is 24.3 Å². The Balaban J connectivity index is 1.45. The maximum absolute atomic E-state index is 13.3. The number of hydrogen-bond acceptors (Lipinski definition) is 4. The number of imide groups is 1. The number of benzene rings is 2. The summed E-state index contributed by atoms with van der Waals surface area (Å²) in [5.74, 6) is -1.91. The summed E-state index contributed by atoms with van der Waals surface area (Å²) in [6.45, 7) is 0.410. The Bertz CT molecular complexity index is 989. The molecule has 28 heavy (non-hydrogen) atoms. The lowest BCUT2D eigenvalue weighted by molar-refractivity contribution is -0.136. The number of carbonyl (C=O) groups is 3. The molecule has 0 radical (unpaired) electrons. The first-order valence-electron chi connectivity index (χ1n) is 9.45. The Labute approximate surface area is 162 Å². The SMILES string of the molecule is O=C1C2CC[C@@]3(N=CN(Cc4ccccc4)C3=O)C2C(=O)N1c1ccccc1. The minimum absolute atomic E-state index is 0.181. The topological polar surface area (TPSA) is 70.0 Å². The van der Waals surface area contributed by atoms with Gasteiger partial charge in [0, 0.05) is 0 Å². The van der Waals surface area contributed by atoms with Gasteiger partial charge < -0.3 is 0 Å². The van der Waals surface area contributed by atoms with Gasteiger partial charge in [-0.2, -0.15) is 0 Å². The first-order valence-corrected chi connectivity index (χ1v) is 9.45. The molecule has 1 aliphatic carbocycles. The predicted molar refractivity (Wildman–Crippen MR) is 103 cm³/mol. The number of para-hydroxylation sites is 1. The number of carbonyl (C=O) groups excluding carboxylic acids is 3. The van der Waals surface area contributed by atoms with Crippen molar-refractivity contribution >= 4 is 29.7 Å². The molecule has 6 nitrogen and oxygen atoms in total. The van der Waals surface area contributed by atoms with Crippen LogP contribution in [0.25, 0.3) is 0 Å². The van der Waals surface area contributed by atoms with E-state index in [4.69, 9.17) is 0 Å². The van der Waals surface area contributed by atoms with Crippen LogP contribution >= 0.6 is 0 Å². The molecule has 2 aromatic rings. The van der Waals surface area contributed by atoms with E-state index in [1.165, 1.54) is 4.90 Å². The zero-order valence-electron chi connectivity index (χ0n) is 15.2. The molecule has 140 valence electrons. The number of hydrogen-bond donors (Lipinski definition) is 0. The van der Waals surface area contributed by atoms with Gasteiger partial charge in [0.1, 0.15) is 0 Å². The van der Waals surface area contributed by atoms with Crippen molar-refractivity contribution < 1.29 is 14.4 Å². The van der Waals surface area contributed by atoms with E-state index in [0.717, 1.165) is 5.56 Å². The highest BCUT2D eigenvalue weighted by atomic mass is 16.2. The summed E-state index contributed by atoms with van der Waals surface area (Å²) in [6, 6.07) is 18.6. The monoisotopic (exact) mass is 373 g/mol. The van der Waals surface area contributed by atoms with Gasteiger partial charge in [-0.25, -0.2) is 4.90 Å². The smallest absolute Gasteiger partial charge is 0.256 e. The Kier molecular flexibility index (Phi) is 3.69. The molecule has 5 rings (SSSR count). The molecule has 2 fully saturated rings. The molecule has 3 aliphatic rings. The Hall–Kier alpha value is -3.28. The standard InChI is InChI=1S/C22H19N3O3/c26-19-17-11-12-22(18(17)20(27)25(19)16-9-5-2-6-10-16)21(28)24(14-23-22)13-15-7-3-1-4-8-15/h1-10,14,17-18H,11-13H2/t17?,18?,22-/m1/s1. The van der Waals surface area contributed by atoms with Crippen LogP contribution in [0.2, 0.25) is 0 Å². The van der Waals surface area contributed by atoms with Crippen molar-refractivity contribution in [3.63, 3.8) is 0 Å². The minimum atomic E-state index is -1.14. The number of nitrogens with zero attached hydrogens (tertiary/aromatic N) is 3. The molecule has 2 aromatic carbocycles. The molecule has 3 amide bonds. The van der Waals surface area contributed by atoms with E-state index in [0.29, 0.717) is 25.1 Å². The average molecular weight is 373 g/mol. The highest BCUT2D eigenvalue weighted by molar-refractivity contribution is 6.24. The molecule has 1 saturated carbocycles. The van der Waals surface area contributed by atoms with E-state index in [1.54, 1.807) is 35.5 Å². The van der Waals surface area contributed by atoms with Crippen molar-refractivity contribution in [1.82, 2.24) is 4.90 Å². The number of rotatable bonds is 3. The molecule has 6 heteroatoms. The van der Waals surface area contributed by atoms with Crippen LogP contribution in [0.3, 0.4) is 0 Å². The van der Waals surface area contributed by atoms with Crippen molar-refractivity contribution in [3.05, 3.63) is 66.2 Å². The summed E-state index contributed by atoms with van der Waals surface area (Å²) in [7, 11) is 0. The lowest BCUT2D eigenvalue weighted by Crippen LogP contribution is -2.47. The van der Waals surface area contributed by atoms with Crippen LogP contribution < -0.4 is 4.90 Å². The molecule has 2 heterocycles. The quantitative estimate of drug-likeness (QED) is 0.776. The second-order valence-corrected chi connectivity index (χ2v) is 7.56. The third-order valence-corrected chi connectivity index (χ3v) is 6.05. The maximum Gasteiger partial charge on any atom is 0.256 e. The fourth-order valence-corrected chi connectivity index (χ4v) is 4.72. The summed E-state index contributed by atoms with van der Waals surface area (Å²) < 4.78 is 0. The number of fused-ring (bicyclic) bond motifs is 2. The van der Waals surface area contributed by atoms with Crippen LogP contribution in [-0.2, 0) is 20.9 Å². The van der Waals surface area contributed by atoms with E-state index < -0.39 is 17.4 Å². The molecule has 0 bridgehead atoms. The van der Waals surface area contributed by atoms with Crippen molar-refractivity contribution in [2.45, 2.75) is 24.9 Å². The second-order valence-electron chi connectivity index (χ2n) is 7.56. The Morgan fingerprint density at radius 2 is 1.61 bits per heavy atom. The van der Waals surface area contributed by atoms with E-state index in [-0.39, 0.29) is 17.7 Å². The lowest BCUT2D eigenvalue weighted by atomic mass is 9.84. The normalized spacial score (nSPS) is 28.6. The number of aliphatic imine (C=N–C) groups is 1. The van der Waals surface area contributed by atoms with Gasteiger partial charge in [-0.1, -0.05) is 48.5 Å². The van der Waals surface area contributed by atoms with Crippen LogP contribution in [0.1, 0.15) is 18.4 Å². The van der Waals surface area contributed by atoms with E-state index in [1.807, 2.05) is 36.4 Å². The fourth-order valence-electron chi connectivity index (χ4n) is 4.72. The summed E-state index contributed by atoms with van der Waals surface area (Å²) in [5, 5.41) is 0. The van der Waals surface area contributed by atoms with Gasteiger partial charge in [-0.15, -0.1) is 0 Å². The van der Waals surface area contributed by atoms with Gasteiger partial charge in [0.15, 0.2) is 5.54 Å². The molecule has 0 N–H and O–H groups in total. The first-order chi connectivity index (χ1) is 13.6. The van der Waals surface area contributed by atoms with Crippen LogP contribution in [0.15, 0.2) is 65.7 Å². The van der Waals surface area contributed by atoms with E-state index in [2.05, 4.69) is 4.99 Å². The van der Waals surface area contributed by atoms with Crippen LogP contribution in [0.5, 0.6) is 0 Å². The van der Waals surface area contributed by atoms with Crippen molar-refractivity contribution in [1.29, 1.82) is 0 Å². The van der Waals surface area contributed by atoms with Crippen LogP contribution in [0.4, 0.5) is 5.69 Å². The number of anilines is 1. The summed E-state index contributed by atoms with van der Waals surface area (Å²) in [5.41, 5.74) is 0.404.